The maximum absolute atomic E-state index is 12.2. The van der Waals surface area contributed by atoms with E-state index < -0.39 is 5.91 Å². The fourth-order valence-electron chi connectivity index (χ4n) is 1.58. The molecule has 2 rings (SSSR count). The van der Waals surface area contributed by atoms with E-state index in [9.17, 15) is 4.79 Å². The average Bonchev–Trinajstić information content (AvgIpc) is 2.90. The molecule has 0 unspecified atom stereocenters. The Labute approximate surface area is 120 Å². The summed E-state index contributed by atoms with van der Waals surface area (Å²) in [6.07, 6.45) is 0. The number of hydroxylamine groups is 2. The molecule has 1 amide bonds. The van der Waals surface area contributed by atoms with Crippen LogP contribution in [0.1, 0.15) is 16.4 Å². The molecule has 0 bridgehead atoms. The second kappa shape index (κ2) is 6.00. The average molecular weight is 297 g/mol. The number of para-hydroxylation sites is 1. The summed E-state index contributed by atoms with van der Waals surface area (Å²) >= 11 is 6.09. The zero-order valence-electron chi connectivity index (χ0n) is 10.9. The van der Waals surface area contributed by atoms with Crippen molar-refractivity contribution in [3.05, 3.63) is 40.9 Å². The third-order valence-electron chi connectivity index (χ3n) is 2.62. The third-order valence-corrected chi connectivity index (χ3v) is 2.94. The largest absolute Gasteiger partial charge is 0.388 e. The number of rotatable bonds is 4. The Morgan fingerprint density at radius 3 is 2.80 bits per heavy atom. The number of aromatic nitrogens is 3. The van der Waals surface area contributed by atoms with Crippen LogP contribution in [-0.2, 0) is 11.4 Å². The van der Waals surface area contributed by atoms with E-state index in [1.807, 2.05) is 0 Å². The standard InChI is InChI=1S/C12H13ClN4O3/c1-16(20-2)12(19)11-14-10(7-18)15-17(11)9-6-4-3-5-8(9)13/h3-6,18H,7H2,1-2H3. The van der Waals surface area contributed by atoms with Crippen LogP contribution in [0.3, 0.4) is 0 Å². The number of benzene rings is 1. The molecule has 106 valence electrons. The number of halogens is 1. The summed E-state index contributed by atoms with van der Waals surface area (Å²) in [5.74, 6) is -0.371. The molecule has 1 N–H and O–H groups in total. The number of hydrogen-bond acceptors (Lipinski definition) is 5. The number of carbonyl (C=O) groups is 1. The first-order valence-electron chi connectivity index (χ1n) is 5.72. The maximum atomic E-state index is 12.2. The molecule has 20 heavy (non-hydrogen) atoms. The smallest absolute Gasteiger partial charge is 0.315 e. The monoisotopic (exact) mass is 296 g/mol. The van der Waals surface area contributed by atoms with E-state index in [2.05, 4.69) is 10.1 Å². The highest BCUT2D eigenvalue weighted by atomic mass is 35.5. The molecule has 0 saturated carbocycles. The van der Waals surface area contributed by atoms with Gasteiger partial charge in [-0.05, 0) is 12.1 Å². The zero-order chi connectivity index (χ0) is 14.7. The minimum atomic E-state index is -0.500. The van der Waals surface area contributed by atoms with Crippen molar-refractivity contribution in [2.45, 2.75) is 6.61 Å². The van der Waals surface area contributed by atoms with Gasteiger partial charge in [0.05, 0.1) is 17.8 Å². The van der Waals surface area contributed by atoms with Crippen molar-refractivity contribution in [2.24, 2.45) is 0 Å². The summed E-state index contributed by atoms with van der Waals surface area (Å²) < 4.78 is 1.28. The van der Waals surface area contributed by atoms with E-state index >= 15 is 0 Å². The van der Waals surface area contributed by atoms with Crippen molar-refractivity contribution in [3.63, 3.8) is 0 Å². The fraction of sp³-hybridized carbons (Fsp3) is 0.250. The predicted molar refractivity (Wildman–Crippen MR) is 71.4 cm³/mol. The van der Waals surface area contributed by atoms with Crippen LogP contribution >= 0.6 is 11.6 Å². The second-order valence-electron chi connectivity index (χ2n) is 3.86. The number of amides is 1. The van der Waals surface area contributed by atoms with Crippen LogP contribution in [0.5, 0.6) is 0 Å². The van der Waals surface area contributed by atoms with E-state index in [4.69, 9.17) is 21.5 Å². The van der Waals surface area contributed by atoms with Gasteiger partial charge in [0.15, 0.2) is 5.82 Å². The minimum Gasteiger partial charge on any atom is -0.388 e. The van der Waals surface area contributed by atoms with Gasteiger partial charge in [0, 0.05) is 7.05 Å². The van der Waals surface area contributed by atoms with Crippen LogP contribution in [0.15, 0.2) is 24.3 Å². The van der Waals surface area contributed by atoms with E-state index in [1.165, 1.54) is 18.8 Å². The fourth-order valence-corrected chi connectivity index (χ4v) is 1.79. The molecule has 2 aromatic rings. The van der Waals surface area contributed by atoms with Crippen molar-refractivity contribution < 1.29 is 14.7 Å². The second-order valence-corrected chi connectivity index (χ2v) is 4.27. The van der Waals surface area contributed by atoms with E-state index in [1.54, 1.807) is 24.3 Å². The quantitative estimate of drug-likeness (QED) is 0.853. The first-order chi connectivity index (χ1) is 9.58. The van der Waals surface area contributed by atoms with Crippen LogP contribution < -0.4 is 0 Å². The van der Waals surface area contributed by atoms with E-state index in [-0.39, 0.29) is 18.3 Å². The van der Waals surface area contributed by atoms with Gasteiger partial charge in [0.25, 0.3) is 0 Å². The van der Waals surface area contributed by atoms with Crippen LogP contribution in [0.4, 0.5) is 0 Å². The van der Waals surface area contributed by atoms with Crippen LogP contribution in [0.2, 0.25) is 5.02 Å². The maximum Gasteiger partial charge on any atom is 0.315 e. The van der Waals surface area contributed by atoms with Gasteiger partial charge in [-0.25, -0.2) is 14.7 Å². The van der Waals surface area contributed by atoms with E-state index in [0.29, 0.717) is 10.7 Å². The SMILES string of the molecule is CON(C)C(=O)c1nc(CO)nn1-c1ccccc1Cl. The minimum absolute atomic E-state index is 0.00602. The third kappa shape index (κ3) is 2.64. The van der Waals surface area contributed by atoms with Crippen LogP contribution in [0.25, 0.3) is 5.69 Å². The molecule has 7 nitrogen and oxygen atoms in total. The lowest BCUT2D eigenvalue weighted by atomic mass is 10.3. The molecule has 0 aliphatic carbocycles. The van der Waals surface area contributed by atoms with Crippen molar-refractivity contribution in [3.8, 4) is 5.69 Å². The van der Waals surface area contributed by atoms with Gasteiger partial charge in [-0.15, -0.1) is 5.10 Å². The van der Waals surface area contributed by atoms with Gasteiger partial charge in [-0.1, -0.05) is 23.7 Å². The molecule has 1 aromatic heterocycles. The van der Waals surface area contributed by atoms with Gasteiger partial charge in [-0.3, -0.25) is 9.63 Å². The molecule has 0 atom stereocenters. The summed E-state index contributed by atoms with van der Waals surface area (Å²) in [6, 6.07) is 6.89. The summed E-state index contributed by atoms with van der Waals surface area (Å²) in [5, 5.41) is 14.6. The number of aliphatic hydroxyl groups is 1. The van der Waals surface area contributed by atoms with Crippen molar-refractivity contribution >= 4 is 17.5 Å². The van der Waals surface area contributed by atoms with Gasteiger partial charge >= 0.3 is 5.91 Å². The van der Waals surface area contributed by atoms with Crippen molar-refractivity contribution in [2.75, 3.05) is 14.2 Å². The molecule has 1 aromatic carbocycles. The summed E-state index contributed by atoms with van der Waals surface area (Å²) in [6.45, 7) is -0.381. The Morgan fingerprint density at radius 1 is 1.50 bits per heavy atom. The predicted octanol–water partition coefficient (Wildman–Crippen LogP) is 1.05. The van der Waals surface area contributed by atoms with Gasteiger partial charge in [0.1, 0.15) is 6.61 Å². The van der Waals surface area contributed by atoms with Gasteiger partial charge in [0.2, 0.25) is 5.82 Å². The molecular weight excluding hydrogens is 284 g/mol. The Hall–Kier alpha value is -1.96. The molecule has 0 aliphatic rings. The highest BCUT2D eigenvalue weighted by molar-refractivity contribution is 6.32. The number of nitrogens with zero attached hydrogens (tertiary/aromatic N) is 4. The number of hydrogen-bond donors (Lipinski definition) is 1. The highest BCUT2D eigenvalue weighted by Gasteiger charge is 2.22. The summed E-state index contributed by atoms with van der Waals surface area (Å²) in [4.78, 5) is 21.0. The summed E-state index contributed by atoms with van der Waals surface area (Å²) in [7, 11) is 2.81. The van der Waals surface area contributed by atoms with Crippen molar-refractivity contribution in [1.29, 1.82) is 0 Å². The molecule has 1 heterocycles. The van der Waals surface area contributed by atoms with E-state index in [0.717, 1.165) is 5.06 Å². The first kappa shape index (κ1) is 14.4. The Bertz CT molecular complexity index is 629. The Kier molecular flexibility index (Phi) is 4.33. The van der Waals surface area contributed by atoms with Crippen molar-refractivity contribution in [1.82, 2.24) is 19.8 Å². The summed E-state index contributed by atoms with van der Waals surface area (Å²) in [5.41, 5.74) is 0.495. The Morgan fingerprint density at radius 2 is 2.20 bits per heavy atom. The van der Waals surface area contributed by atoms with Gasteiger partial charge in [-0.2, -0.15) is 0 Å². The van der Waals surface area contributed by atoms with Crippen LogP contribution in [-0.4, -0.2) is 45.0 Å². The zero-order valence-corrected chi connectivity index (χ0v) is 11.7. The molecular formula is C12H13ClN4O3. The normalized spacial score (nSPS) is 10.6. The molecule has 0 fully saturated rings. The lowest BCUT2D eigenvalue weighted by Crippen LogP contribution is -2.28. The molecule has 0 aliphatic heterocycles. The number of carbonyl (C=O) groups excluding carboxylic acids is 1. The molecule has 0 saturated heterocycles. The first-order valence-corrected chi connectivity index (χ1v) is 6.10. The number of aliphatic hydroxyl groups excluding tert-OH is 1. The van der Waals surface area contributed by atoms with Gasteiger partial charge < -0.3 is 5.11 Å². The molecule has 0 radical (unpaired) electrons. The Balaban J connectivity index is 2.55. The lowest BCUT2D eigenvalue weighted by Gasteiger charge is -2.13. The highest BCUT2D eigenvalue weighted by Crippen LogP contribution is 2.21. The van der Waals surface area contributed by atoms with Crippen LogP contribution in [0, 0.1) is 0 Å². The molecule has 0 spiro atoms. The topological polar surface area (TPSA) is 80.5 Å². The molecule has 8 heteroatoms. The lowest BCUT2D eigenvalue weighted by molar-refractivity contribution is -0.0765.